The summed E-state index contributed by atoms with van der Waals surface area (Å²) in [5.41, 5.74) is 6.85. The van der Waals surface area contributed by atoms with Gasteiger partial charge in [-0.3, -0.25) is 10.1 Å². The van der Waals surface area contributed by atoms with E-state index >= 15 is 0 Å². The zero-order valence-electron chi connectivity index (χ0n) is 11.0. The number of anilines is 1. The summed E-state index contributed by atoms with van der Waals surface area (Å²) < 4.78 is 1.32. The van der Waals surface area contributed by atoms with Crippen molar-refractivity contribution in [1.29, 1.82) is 0 Å². The van der Waals surface area contributed by atoms with Gasteiger partial charge in [0.2, 0.25) is 0 Å². The van der Waals surface area contributed by atoms with E-state index in [4.69, 9.17) is 5.73 Å². The van der Waals surface area contributed by atoms with Crippen LogP contribution in [-0.2, 0) is 0 Å². The van der Waals surface area contributed by atoms with Gasteiger partial charge < -0.3 is 10.8 Å². The monoisotopic (exact) mass is 299 g/mol. The summed E-state index contributed by atoms with van der Waals surface area (Å²) in [6.45, 7) is 0. The third kappa shape index (κ3) is 2.00. The predicted octanol–water partition coefficient (Wildman–Crippen LogP) is 1.58. The van der Waals surface area contributed by atoms with E-state index in [0.717, 1.165) is 0 Å². The first kappa shape index (κ1) is 13.5. The van der Waals surface area contributed by atoms with Crippen molar-refractivity contribution >= 4 is 23.0 Å². The first-order chi connectivity index (χ1) is 10.5. The molecule has 0 unspecified atom stereocenters. The standard InChI is InChI=1S/C13H9N5O4/c14-12-11-10(7-1-3-8(4-2-7)18(21)22)9(13(19)20)5-17(11)16-6-15-12/h1-6H,(H,19,20)(H2,14,15,16). The molecule has 0 spiro atoms. The fourth-order valence-electron chi connectivity index (χ4n) is 2.24. The van der Waals surface area contributed by atoms with Crippen LogP contribution in [0.1, 0.15) is 10.4 Å². The SMILES string of the molecule is Nc1ncnn2cc(C(=O)O)c(-c3ccc([N+](=O)[O-])cc3)c12. The Labute approximate surface area is 122 Å². The molecule has 22 heavy (non-hydrogen) atoms. The van der Waals surface area contributed by atoms with E-state index in [0.29, 0.717) is 16.6 Å². The Morgan fingerprint density at radius 3 is 2.59 bits per heavy atom. The number of rotatable bonds is 3. The predicted molar refractivity (Wildman–Crippen MR) is 76.4 cm³/mol. The summed E-state index contributed by atoms with van der Waals surface area (Å²) in [6.07, 6.45) is 2.54. The number of nitro groups is 1. The maximum atomic E-state index is 11.4. The fraction of sp³-hybridized carbons (Fsp3) is 0. The van der Waals surface area contributed by atoms with Gasteiger partial charge in [0, 0.05) is 23.9 Å². The minimum atomic E-state index is -1.15. The Bertz CT molecular complexity index is 901. The van der Waals surface area contributed by atoms with Gasteiger partial charge >= 0.3 is 5.97 Å². The van der Waals surface area contributed by atoms with Crippen LogP contribution in [0, 0.1) is 10.1 Å². The number of fused-ring (bicyclic) bond motifs is 1. The molecule has 0 saturated carbocycles. The summed E-state index contributed by atoms with van der Waals surface area (Å²) in [5.74, 6) is -1.03. The second-order valence-electron chi connectivity index (χ2n) is 4.47. The first-order valence-electron chi connectivity index (χ1n) is 6.09. The fourth-order valence-corrected chi connectivity index (χ4v) is 2.24. The molecule has 0 bridgehead atoms. The van der Waals surface area contributed by atoms with Crippen molar-refractivity contribution in [2.45, 2.75) is 0 Å². The molecule has 3 N–H and O–H groups in total. The molecule has 0 aliphatic heterocycles. The van der Waals surface area contributed by atoms with Crippen LogP contribution in [0.3, 0.4) is 0 Å². The molecule has 2 heterocycles. The zero-order valence-corrected chi connectivity index (χ0v) is 11.0. The van der Waals surface area contributed by atoms with Crippen molar-refractivity contribution in [2.24, 2.45) is 0 Å². The molecule has 3 aromatic rings. The van der Waals surface area contributed by atoms with Gasteiger partial charge in [-0.2, -0.15) is 5.10 Å². The van der Waals surface area contributed by atoms with Crippen molar-refractivity contribution in [1.82, 2.24) is 14.6 Å². The number of non-ortho nitro benzene ring substituents is 1. The highest BCUT2D eigenvalue weighted by atomic mass is 16.6. The van der Waals surface area contributed by atoms with Gasteiger partial charge in [0.1, 0.15) is 11.8 Å². The Kier molecular flexibility index (Phi) is 2.95. The Balaban J connectivity index is 2.30. The second-order valence-corrected chi connectivity index (χ2v) is 4.47. The average molecular weight is 299 g/mol. The van der Waals surface area contributed by atoms with Gasteiger partial charge in [0.25, 0.3) is 5.69 Å². The lowest BCUT2D eigenvalue weighted by Gasteiger charge is -2.04. The molecule has 0 amide bonds. The molecule has 2 aromatic heterocycles. The normalized spacial score (nSPS) is 10.7. The molecule has 1 aromatic carbocycles. The number of carboxylic acid groups (broad SMARTS) is 1. The third-order valence-corrected chi connectivity index (χ3v) is 3.20. The van der Waals surface area contributed by atoms with Crippen molar-refractivity contribution in [3.8, 4) is 11.1 Å². The van der Waals surface area contributed by atoms with Crippen LogP contribution in [0.5, 0.6) is 0 Å². The summed E-state index contributed by atoms with van der Waals surface area (Å²) in [5, 5.41) is 24.0. The number of carboxylic acids is 1. The lowest BCUT2D eigenvalue weighted by molar-refractivity contribution is -0.384. The lowest BCUT2D eigenvalue weighted by Crippen LogP contribution is -1.99. The molecular formula is C13H9N5O4. The Morgan fingerprint density at radius 1 is 1.32 bits per heavy atom. The van der Waals surface area contributed by atoms with Crippen LogP contribution in [0.15, 0.2) is 36.8 Å². The average Bonchev–Trinajstić information content (AvgIpc) is 2.88. The van der Waals surface area contributed by atoms with Gasteiger partial charge in [-0.15, -0.1) is 0 Å². The van der Waals surface area contributed by atoms with E-state index in [1.54, 1.807) is 0 Å². The highest BCUT2D eigenvalue weighted by Gasteiger charge is 2.21. The number of nitro benzene ring substituents is 1. The van der Waals surface area contributed by atoms with Gasteiger partial charge in [-0.25, -0.2) is 14.3 Å². The molecule has 0 radical (unpaired) electrons. The zero-order chi connectivity index (χ0) is 15.9. The molecule has 9 nitrogen and oxygen atoms in total. The van der Waals surface area contributed by atoms with Crippen molar-refractivity contribution in [2.75, 3.05) is 5.73 Å². The number of aromatic nitrogens is 3. The molecule has 0 aliphatic rings. The van der Waals surface area contributed by atoms with E-state index in [9.17, 15) is 20.0 Å². The summed E-state index contributed by atoms with van der Waals surface area (Å²) in [7, 11) is 0. The number of carbonyl (C=O) groups is 1. The molecule has 0 fully saturated rings. The van der Waals surface area contributed by atoms with E-state index < -0.39 is 10.9 Å². The molecule has 0 aliphatic carbocycles. The van der Waals surface area contributed by atoms with E-state index in [1.807, 2.05) is 0 Å². The second kappa shape index (κ2) is 4.81. The molecular weight excluding hydrogens is 290 g/mol. The highest BCUT2D eigenvalue weighted by molar-refractivity contribution is 6.03. The topological polar surface area (TPSA) is 137 Å². The quantitative estimate of drug-likeness (QED) is 0.553. The first-order valence-corrected chi connectivity index (χ1v) is 6.09. The Hall–Kier alpha value is -3.49. The minimum absolute atomic E-state index is 0.0129. The molecule has 0 saturated heterocycles. The van der Waals surface area contributed by atoms with Gasteiger partial charge in [0.15, 0.2) is 5.82 Å². The lowest BCUT2D eigenvalue weighted by atomic mass is 10.0. The summed E-state index contributed by atoms with van der Waals surface area (Å²) >= 11 is 0. The molecule has 9 heteroatoms. The highest BCUT2D eigenvalue weighted by Crippen LogP contribution is 2.33. The van der Waals surface area contributed by atoms with Crippen LogP contribution in [0.4, 0.5) is 11.5 Å². The number of hydrogen-bond donors (Lipinski definition) is 2. The van der Waals surface area contributed by atoms with Crippen LogP contribution < -0.4 is 5.73 Å². The number of nitrogens with two attached hydrogens (primary N) is 1. The van der Waals surface area contributed by atoms with Crippen LogP contribution in [-0.4, -0.2) is 30.6 Å². The molecule has 110 valence electrons. The van der Waals surface area contributed by atoms with E-state index in [1.165, 1.54) is 41.3 Å². The summed E-state index contributed by atoms with van der Waals surface area (Å²) in [4.78, 5) is 25.5. The smallest absolute Gasteiger partial charge is 0.337 e. The van der Waals surface area contributed by atoms with Crippen molar-refractivity contribution in [3.05, 3.63) is 52.5 Å². The minimum Gasteiger partial charge on any atom is -0.478 e. The number of nitrogens with zero attached hydrogens (tertiary/aromatic N) is 4. The molecule has 0 atom stereocenters. The number of nitrogen functional groups attached to an aromatic ring is 1. The van der Waals surface area contributed by atoms with Crippen LogP contribution >= 0.6 is 0 Å². The van der Waals surface area contributed by atoms with Crippen molar-refractivity contribution < 1.29 is 14.8 Å². The van der Waals surface area contributed by atoms with Gasteiger partial charge in [-0.1, -0.05) is 0 Å². The van der Waals surface area contributed by atoms with E-state index in [-0.39, 0.29) is 17.1 Å². The van der Waals surface area contributed by atoms with Crippen LogP contribution in [0.2, 0.25) is 0 Å². The van der Waals surface area contributed by atoms with Crippen LogP contribution in [0.25, 0.3) is 16.6 Å². The largest absolute Gasteiger partial charge is 0.478 e. The van der Waals surface area contributed by atoms with Crippen molar-refractivity contribution in [3.63, 3.8) is 0 Å². The maximum Gasteiger partial charge on any atom is 0.337 e. The van der Waals surface area contributed by atoms with E-state index in [2.05, 4.69) is 10.1 Å². The number of benzene rings is 1. The van der Waals surface area contributed by atoms with Gasteiger partial charge in [-0.05, 0) is 17.7 Å². The maximum absolute atomic E-state index is 11.4. The number of aromatic carboxylic acids is 1. The third-order valence-electron chi connectivity index (χ3n) is 3.20. The number of hydrogen-bond acceptors (Lipinski definition) is 6. The Morgan fingerprint density at radius 2 is 2.00 bits per heavy atom. The summed E-state index contributed by atoms with van der Waals surface area (Å²) in [6, 6.07) is 5.52. The van der Waals surface area contributed by atoms with Gasteiger partial charge in [0.05, 0.1) is 10.5 Å². The molecule has 3 rings (SSSR count).